The van der Waals surface area contributed by atoms with Crippen LogP contribution in [-0.4, -0.2) is 23.4 Å². The van der Waals surface area contributed by atoms with E-state index in [1.165, 1.54) is 0 Å². The lowest BCUT2D eigenvalue weighted by Crippen LogP contribution is -1.69. The van der Waals surface area contributed by atoms with Gasteiger partial charge in [-0.05, 0) is 12.8 Å². The third-order valence-corrected chi connectivity index (χ3v) is 0.365. The van der Waals surface area contributed by atoms with E-state index in [1.807, 2.05) is 0 Å². The van der Waals surface area contributed by atoms with E-state index in [0.29, 0.717) is 6.42 Å². The topological polar surface area (TPSA) is 40.5 Å². The van der Waals surface area contributed by atoms with Crippen molar-refractivity contribution in [1.82, 2.24) is 0 Å². The molecule has 2 heteroatoms. The van der Waals surface area contributed by atoms with Gasteiger partial charge in [0, 0.05) is 14.6 Å². The van der Waals surface area contributed by atoms with E-state index in [0.717, 1.165) is 0 Å². The van der Waals surface area contributed by atoms with E-state index in [2.05, 4.69) is 0 Å². The molecule has 0 aliphatic rings. The van der Waals surface area contributed by atoms with Crippen LogP contribution in [0.25, 0.3) is 0 Å². The van der Waals surface area contributed by atoms with Crippen LogP contribution < -0.4 is 0 Å². The second kappa shape index (κ2) is 15.8. The lowest BCUT2D eigenvalue weighted by atomic mass is 10.5. The summed E-state index contributed by atoms with van der Waals surface area (Å²) in [6, 6.07) is 0. The Hall–Kier alpha value is -0.0800. The molecular weight excluding hydrogens is 104 g/mol. The predicted molar refractivity (Wildman–Crippen MR) is 34.8 cm³/mol. The maximum absolute atomic E-state index is 8.03. The third kappa shape index (κ3) is 38.9. The highest BCUT2D eigenvalue weighted by Gasteiger charge is 1.57. The monoisotopic (exact) mass is 122 g/mol. The molecule has 0 saturated carbocycles. The van der Waals surface area contributed by atoms with Crippen molar-refractivity contribution in [2.75, 3.05) is 13.2 Å². The highest BCUT2D eigenvalue weighted by molar-refractivity contribution is 4.10. The predicted octanol–water partition coefficient (Wildman–Crippen LogP) is 0.777. The van der Waals surface area contributed by atoms with Gasteiger partial charge in [0.2, 0.25) is 0 Å². The fourth-order valence-electron chi connectivity index (χ4n) is 0. The highest BCUT2D eigenvalue weighted by Crippen LogP contribution is 1.61. The number of hydrogen-bond donors (Lipinski definition) is 2. The average Bonchev–Trinajstić information content (AvgIpc) is 1.89. The van der Waals surface area contributed by atoms with Gasteiger partial charge >= 0.3 is 0 Å². The van der Waals surface area contributed by atoms with Gasteiger partial charge in [0.1, 0.15) is 0 Å². The lowest BCUT2D eigenvalue weighted by molar-refractivity contribution is 0.294. The zero-order valence-electron chi connectivity index (χ0n) is 7.46. The minimum atomic E-state index is -0.866. The summed E-state index contributed by atoms with van der Waals surface area (Å²) in [5, 5.41) is 16.0. The summed E-state index contributed by atoms with van der Waals surface area (Å²) in [6.45, 7) is 2.51. The van der Waals surface area contributed by atoms with Gasteiger partial charge in [0.25, 0.3) is 0 Å². The van der Waals surface area contributed by atoms with Crippen LogP contribution in [-0.2, 0) is 0 Å². The van der Waals surface area contributed by atoms with Crippen molar-refractivity contribution in [3.8, 4) is 0 Å². The molecule has 0 spiro atoms. The van der Waals surface area contributed by atoms with Crippen molar-refractivity contribution >= 4 is 0 Å². The van der Waals surface area contributed by atoms with Crippen molar-refractivity contribution in [2.45, 2.75) is 26.7 Å². The first kappa shape index (κ1) is 6.05. The molecule has 2 unspecified atom stereocenters. The summed E-state index contributed by atoms with van der Waals surface area (Å²) in [6.07, 6.45) is 0.218. The molecule has 0 rings (SSSR count). The van der Waals surface area contributed by atoms with E-state index in [9.17, 15) is 0 Å². The standard InChI is InChI=1S/2C3H8O/c2*1-2-3-4/h2*4H,2-3H2,1H3/i3D;2D. The Morgan fingerprint density at radius 2 is 1.62 bits per heavy atom. The van der Waals surface area contributed by atoms with Gasteiger partial charge in [-0.25, -0.2) is 0 Å². The van der Waals surface area contributed by atoms with Gasteiger partial charge in [-0.1, -0.05) is 13.8 Å². The molecule has 0 aromatic heterocycles. The second-order valence-electron chi connectivity index (χ2n) is 1.18. The molecule has 52 valence electrons. The third-order valence-electron chi connectivity index (χ3n) is 0.365. The van der Waals surface area contributed by atoms with Gasteiger partial charge in [0.15, 0.2) is 0 Å². The number of rotatable bonds is 2. The summed E-state index contributed by atoms with van der Waals surface area (Å²) in [5.41, 5.74) is 0. The fraction of sp³-hybridized carbons (Fsp3) is 1.00. The minimum Gasteiger partial charge on any atom is -0.396 e. The zero-order chi connectivity index (χ0) is 8.57. The first-order valence-electron chi connectivity index (χ1n) is 3.83. The van der Waals surface area contributed by atoms with Gasteiger partial charge in [-0.15, -0.1) is 0 Å². The summed E-state index contributed by atoms with van der Waals surface area (Å²) < 4.78 is 13.0. The van der Waals surface area contributed by atoms with Gasteiger partial charge in [-0.3, -0.25) is 0 Å². The molecule has 0 aliphatic carbocycles. The van der Waals surface area contributed by atoms with Crippen LogP contribution in [0, 0.1) is 0 Å². The van der Waals surface area contributed by atoms with Gasteiger partial charge in [-0.2, -0.15) is 0 Å². The van der Waals surface area contributed by atoms with Gasteiger partial charge in [0.05, 0.1) is 1.37 Å². The molecular formula is C6H16O2. The van der Waals surface area contributed by atoms with Crippen molar-refractivity contribution in [2.24, 2.45) is 0 Å². The highest BCUT2D eigenvalue weighted by atomic mass is 16.3. The lowest BCUT2D eigenvalue weighted by Gasteiger charge is -1.69. The van der Waals surface area contributed by atoms with Crippen LogP contribution in [0.5, 0.6) is 0 Å². The van der Waals surface area contributed by atoms with Gasteiger partial charge < -0.3 is 10.2 Å². The molecule has 0 fully saturated rings. The van der Waals surface area contributed by atoms with Crippen LogP contribution in [0.4, 0.5) is 0 Å². The molecule has 0 aromatic rings. The maximum atomic E-state index is 8.03. The Morgan fingerprint density at radius 1 is 1.38 bits per heavy atom. The summed E-state index contributed by atoms with van der Waals surface area (Å²) >= 11 is 0. The molecule has 0 radical (unpaired) electrons. The fourth-order valence-corrected chi connectivity index (χ4v) is 0. The second-order valence-corrected chi connectivity index (χ2v) is 1.18. The van der Waals surface area contributed by atoms with Crippen LogP contribution >= 0.6 is 0 Å². The van der Waals surface area contributed by atoms with Crippen molar-refractivity contribution < 1.29 is 13.0 Å². The number of aliphatic hydroxyl groups excluding tert-OH is 2. The first-order valence-corrected chi connectivity index (χ1v) is 2.68. The Morgan fingerprint density at radius 3 is 1.62 bits per heavy atom. The van der Waals surface area contributed by atoms with Crippen LogP contribution in [0.2, 0.25) is 0 Å². The van der Waals surface area contributed by atoms with E-state index < -0.39 is 6.58 Å². The molecule has 0 amide bonds. The summed E-state index contributed by atoms with van der Waals surface area (Å²) in [7, 11) is 0. The summed E-state index contributed by atoms with van der Waals surface area (Å²) in [4.78, 5) is 0. The van der Waals surface area contributed by atoms with Crippen LogP contribution in [0.15, 0.2) is 0 Å². The van der Waals surface area contributed by atoms with E-state index in [-0.39, 0.29) is 13.0 Å². The molecule has 0 aliphatic heterocycles. The van der Waals surface area contributed by atoms with E-state index in [4.69, 9.17) is 13.0 Å². The molecule has 0 heterocycles. The zero-order valence-corrected chi connectivity index (χ0v) is 5.46. The van der Waals surface area contributed by atoms with Crippen molar-refractivity contribution in [3.63, 3.8) is 0 Å². The first-order chi connectivity index (χ1) is 4.54. The van der Waals surface area contributed by atoms with Crippen LogP contribution in [0.1, 0.15) is 29.4 Å². The quantitative estimate of drug-likeness (QED) is 0.568. The van der Waals surface area contributed by atoms with E-state index in [1.54, 1.807) is 13.8 Å². The maximum Gasteiger partial charge on any atom is 0.0564 e. The molecule has 2 N–H and O–H groups in total. The summed E-state index contributed by atoms with van der Waals surface area (Å²) in [5.74, 6) is 0. The Balaban J connectivity index is 0. The Kier molecular flexibility index (Phi) is 11.9. The van der Waals surface area contributed by atoms with Crippen LogP contribution in [0.3, 0.4) is 0 Å². The molecule has 0 bridgehead atoms. The molecule has 2 atom stereocenters. The Bertz CT molecular complexity index is 49.7. The molecule has 0 aromatic carbocycles. The largest absolute Gasteiger partial charge is 0.396 e. The minimum absolute atomic E-state index is 0.0278. The molecule has 0 saturated heterocycles. The SMILES string of the molecule is [2H]C(C)CO.[2H]C(O)CC. The molecule has 8 heavy (non-hydrogen) atoms. The smallest absolute Gasteiger partial charge is 0.0564 e. The Labute approximate surface area is 54.0 Å². The van der Waals surface area contributed by atoms with Crippen molar-refractivity contribution in [1.29, 1.82) is 0 Å². The average molecular weight is 122 g/mol. The van der Waals surface area contributed by atoms with E-state index >= 15 is 0 Å². The molecule has 2 nitrogen and oxygen atoms in total. The number of aliphatic hydroxyl groups is 2. The van der Waals surface area contributed by atoms with Crippen molar-refractivity contribution in [3.05, 3.63) is 0 Å². The number of hydrogen-bond acceptors (Lipinski definition) is 2. The normalized spacial score (nSPS) is 19.0.